The molecule has 0 bridgehead atoms. The molecule has 0 aliphatic heterocycles. The molecule has 3 N–H and O–H groups in total. The fourth-order valence-corrected chi connectivity index (χ4v) is 2.70. The third-order valence-corrected chi connectivity index (χ3v) is 4.27. The van der Waals surface area contributed by atoms with Crippen LogP contribution in [0.4, 0.5) is 21.8 Å². The number of hydrogen-bond donors (Lipinski definition) is 3. The summed E-state index contributed by atoms with van der Waals surface area (Å²) in [7, 11) is 0. The summed E-state index contributed by atoms with van der Waals surface area (Å²) in [6, 6.07) is 10.3. The second-order valence-corrected chi connectivity index (χ2v) is 6.31. The number of nitrogens with one attached hydrogen (secondary N) is 3. The number of anilines is 3. The molecule has 1 aliphatic carbocycles. The third-order valence-electron chi connectivity index (χ3n) is 4.27. The standard InChI is InChI=1S/C18H19FN6/c1-11(12-4-6-14(19)7-5-12)22-16-9-17(21-10-20-16)23-18-8-15(24-25-18)13-2-3-13/h4-11,13H,2-3H2,1H3,(H3,20,21,22,23,24,25). The maximum atomic E-state index is 13.0. The Morgan fingerprint density at radius 2 is 1.84 bits per heavy atom. The van der Waals surface area contributed by atoms with Crippen molar-refractivity contribution in [1.29, 1.82) is 0 Å². The Bertz CT molecular complexity index is 856. The number of halogens is 1. The number of aromatic amines is 1. The first-order valence-electron chi connectivity index (χ1n) is 8.34. The van der Waals surface area contributed by atoms with Crippen molar-refractivity contribution in [2.75, 3.05) is 10.6 Å². The van der Waals surface area contributed by atoms with Gasteiger partial charge in [-0.3, -0.25) is 5.10 Å². The van der Waals surface area contributed by atoms with E-state index in [9.17, 15) is 4.39 Å². The highest BCUT2D eigenvalue weighted by molar-refractivity contribution is 5.56. The highest BCUT2D eigenvalue weighted by Crippen LogP contribution is 2.39. The summed E-state index contributed by atoms with van der Waals surface area (Å²) < 4.78 is 13.0. The molecule has 0 saturated heterocycles. The van der Waals surface area contributed by atoms with Crippen LogP contribution >= 0.6 is 0 Å². The summed E-state index contributed by atoms with van der Waals surface area (Å²) in [4.78, 5) is 8.47. The minimum atomic E-state index is -0.242. The average molecular weight is 338 g/mol. The minimum absolute atomic E-state index is 0.00444. The largest absolute Gasteiger partial charge is 0.363 e. The normalized spacial score (nSPS) is 15.0. The Balaban J connectivity index is 1.44. The van der Waals surface area contributed by atoms with Gasteiger partial charge in [0.1, 0.15) is 23.8 Å². The summed E-state index contributed by atoms with van der Waals surface area (Å²) in [5.74, 6) is 2.49. The maximum absolute atomic E-state index is 13.0. The molecule has 6 nitrogen and oxygen atoms in total. The fraction of sp³-hybridized carbons (Fsp3) is 0.278. The van der Waals surface area contributed by atoms with E-state index in [2.05, 4.69) is 30.8 Å². The molecule has 2 aromatic heterocycles. The summed E-state index contributed by atoms with van der Waals surface area (Å²) in [6.45, 7) is 2.00. The second-order valence-electron chi connectivity index (χ2n) is 6.31. The van der Waals surface area contributed by atoms with E-state index in [1.54, 1.807) is 12.1 Å². The zero-order valence-corrected chi connectivity index (χ0v) is 13.8. The molecule has 7 heteroatoms. The van der Waals surface area contributed by atoms with Crippen LogP contribution in [0.25, 0.3) is 0 Å². The molecule has 1 aliphatic rings. The van der Waals surface area contributed by atoms with Gasteiger partial charge in [-0.15, -0.1) is 0 Å². The summed E-state index contributed by atoms with van der Waals surface area (Å²) in [6.07, 6.45) is 3.95. The topological polar surface area (TPSA) is 78.5 Å². The predicted octanol–water partition coefficient (Wildman–Crippen LogP) is 4.13. The molecule has 4 rings (SSSR count). The van der Waals surface area contributed by atoms with Gasteiger partial charge in [0.15, 0.2) is 5.82 Å². The zero-order valence-electron chi connectivity index (χ0n) is 13.8. The van der Waals surface area contributed by atoms with E-state index in [4.69, 9.17) is 0 Å². The number of nitrogens with zero attached hydrogens (tertiary/aromatic N) is 3. The van der Waals surface area contributed by atoms with Crippen LogP contribution in [0.5, 0.6) is 0 Å². The van der Waals surface area contributed by atoms with Gasteiger partial charge in [-0.2, -0.15) is 5.10 Å². The predicted molar refractivity (Wildman–Crippen MR) is 94.3 cm³/mol. The Hall–Kier alpha value is -2.96. The molecule has 128 valence electrons. The van der Waals surface area contributed by atoms with Crippen molar-refractivity contribution in [3.8, 4) is 0 Å². The van der Waals surface area contributed by atoms with E-state index in [0.29, 0.717) is 17.6 Å². The Morgan fingerprint density at radius 3 is 2.60 bits per heavy atom. The lowest BCUT2D eigenvalue weighted by Crippen LogP contribution is -2.08. The number of aromatic nitrogens is 4. The third kappa shape index (κ3) is 3.76. The SMILES string of the molecule is CC(Nc1cc(Nc2cc(C3CC3)[nH]n2)ncn1)c1ccc(F)cc1. The molecule has 1 aromatic carbocycles. The Kier molecular flexibility index (Phi) is 4.05. The van der Waals surface area contributed by atoms with Crippen LogP contribution < -0.4 is 10.6 Å². The van der Waals surface area contributed by atoms with Gasteiger partial charge in [-0.1, -0.05) is 12.1 Å². The molecule has 1 atom stereocenters. The second kappa shape index (κ2) is 6.51. The van der Waals surface area contributed by atoms with Gasteiger partial charge < -0.3 is 10.6 Å². The van der Waals surface area contributed by atoms with E-state index < -0.39 is 0 Å². The zero-order chi connectivity index (χ0) is 17.2. The Morgan fingerprint density at radius 1 is 1.08 bits per heavy atom. The number of rotatable bonds is 6. The van der Waals surface area contributed by atoms with Crippen LogP contribution in [-0.4, -0.2) is 20.2 Å². The molecule has 0 radical (unpaired) electrons. The first kappa shape index (κ1) is 15.6. The van der Waals surface area contributed by atoms with Gasteiger partial charge >= 0.3 is 0 Å². The van der Waals surface area contributed by atoms with Crippen LogP contribution in [0.3, 0.4) is 0 Å². The van der Waals surface area contributed by atoms with E-state index in [1.165, 1.54) is 37.0 Å². The fourth-order valence-electron chi connectivity index (χ4n) is 2.70. The molecule has 0 amide bonds. The highest BCUT2D eigenvalue weighted by Gasteiger charge is 2.25. The monoisotopic (exact) mass is 338 g/mol. The molecular weight excluding hydrogens is 319 g/mol. The van der Waals surface area contributed by atoms with Crippen molar-refractivity contribution < 1.29 is 4.39 Å². The van der Waals surface area contributed by atoms with Crippen molar-refractivity contribution in [2.24, 2.45) is 0 Å². The van der Waals surface area contributed by atoms with Gasteiger partial charge in [0.2, 0.25) is 0 Å². The van der Waals surface area contributed by atoms with Crippen molar-refractivity contribution in [3.63, 3.8) is 0 Å². The lowest BCUT2D eigenvalue weighted by atomic mass is 10.1. The number of hydrogen-bond acceptors (Lipinski definition) is 5. The van der Waals surface area contributed by atoms with Crippen molar-refractivity contribution in [2.45, 2.75) is 31.7 Å². The van der Waals surface area contributed by atoms with Crippen LogP contribution in [0.1, 0.15) is 43.0 Å². The van der Waals surface area contributed by atoms with E-state index >= 15 is 0 Å². The van der Waals surface area contributed by atoms with Gasteiger partial charge in [0, 0.05) is 29.8 Å². The molecule has 1 saturated carbocycles. The maximum Gasteiger partial charge on any atom is 0.153 e. The molecule has 25 heavy (non-hydrogen) atoms. The summed E-state index contributed by atoms with van der Waals surface area (Å²) in [5.41, 5.74) is 2.15. The van der Waals surface area contributed by atoms with E-state index in [0.717, 1.165) is 11.4 Å². The molecule has 0 spiro atoms. The van der Waals surface area contributed by atoms with Crippen molar-refractivity contribution >= 4 is 17.5 Å². The van der Waals surface area contributed by atoms with Crippen LogP contribution in [0.15, 0.2) is 42.7 Å². The first-order chi connectivity index (χ1) is 12.2. The average Bonchev–Trinajstić information content (AvgIpc) is 3.36. The smallest absolute Gasteiger partial charge is 0.153 e. The molecule has 3 aromatic rings. The van der Waals surface area contributed by atoms with Crippen LogP contribution in [0, 0.1) is 5.82 Å². The van der Waals surface area contributed by atoms with Gasteiger partial charge in [-0.05, 0) is 37.5 Å². The quantitative estimate of drug-likeness (QED) is 0.630. The van der Waals surface area contributed by atoms with Gasteiger partial charge in [-0.25, -0.2) is 14.4 Å². The molecular formula is C18H19FN6. The minimum Gasteiger partial charge on any atom is -0.363 e. The van der Waals surface area contributed by atoms with Gasteiger partial charge in [0.05, 0.1) is 0 Å². The summed E-state index contributed by atoms with van der Waals surface area (Å²) >= 11 is 0. The van der Waals surface area contributed by atoms with Crippen molar-refractivity contribution in [3.05, 3.63) is 59.8 Å². The molecule has 1 unspecified atom stereocenters. The highest BCUT2D eigenvalue weighted by atomic mass is 19.1. The first-order valence-corrected chi connectivity index (χ1v) is 8.34. The number of H-pyrrole nitrogens is 1. The van der Waals surface area contributed by atoms with Crippen molar-refractivity contribution in [1.82, 2.24) is 20.2 Å². The lowest BCUT2D eigenvalue weighted by Gasteiger charge is -2.15. The van der Waals surface area contributed by atoms with E-state index in [-0.39, 0.29) is 11.9 Å². The van der Waals surface area contributed by atoms with Crippen LogP contribution in [-0.2, 0) is 0 Å². The van der Waals surface area contributed by atoms with Gasteiger partial charge in [0.25, 0.3) is 0 Å². The molecule has 2 heterocycles. The lowest BCUT2D eigenvalue weighted by molar-refractivity contribution is 0.626. The Labute approximate surface area is 144 Å². The number of benzene rings is 1. The molecule has 1 fully saturated rings. The van der Waals surface area contributed by atoms with Crippen LogP contribution in [0.2, 0.25) is 0 Å². The summed E-state index contributed by atoms with van der Waals surface area (Å²) in [5, 5.41) is 13.8. The van der Waals surface area contributed by atoms with E-state index in [1.807, 2.05) is 19.1 Å².